The number of ether oxygens (including phenoxy) is 4. The van der Waals surface area contributed by atoms with Gasteiger partial charge >= 0.3 is 5.97 Å². The Morgan fingerprint density at radius 3 is 2.53 bits per heavy atom. The number of nitrogens with one attached hydrogen (secondary N) is 1. The first-order chi connectivity index (χ1) is 14.4. The van der Waals surface area contributed by atoms with Crippen LogP contribution in [0.1, 0.15) is 24.2 Å². The summed E-state index contributed by atoms with van der Waals surface area (Å²) in [6, 6.07) is 9.09. The van der Waals surface area contributed by atoms with Gasteiger partial charge in [0.15, 0.2) is 17.6 Å². The monoisotopic (exact) mass is 416 g/mol. The second kappa shape index (κ2) is 9.12. The van der Waals surface area contributed by atoms with E-state index in [1.165, 1.54) is 13.0 Å². The molecule has 3 rings (SSSR count). The Hall–Kier alpha value is -3.82. The molecule has 0 bridgehead atoms. The molecule has 1 atom stereocenters. The van der Waals surface area contributed by atoms with Gasteiger partial charge in [-0.2, -0.15) is 0 Å². The third kappa shape index (κ3) is 4.59. The molecule has 1 heterocycles. The molecule has 0 aliphatic carbocycles. The number of hydrogen-bond acceptors (Lipinski definition) is 8. The van der Waals surface area contributed by atoms with Crippen molar-refractivity contribution in [1.29, 1.82) is 0 Å². The second-order valence-electron chi connectivity index (χ2n) is 6.24. The Balaban J connectivity index is 1.75. The molecule has 1 N–H and O–H groups in total. The third-order valence-electron chi connectivity index (χ3n) is 4.17. The number of fused-ring (bicyclic) bond motifs is 1. The van der Waals surface area contributed by atoms with Crippen LogP contribution in [-0.4, -0.2) is 42.7 Å². The first-order valence-electron chi connectivity index (χ1n) is 9.22. The Morgan fingerprint density at radius 1 is 1.20 bits per heavy atom. The summed E-state index contributed by atoms with van der Waals surface area (Å²) in [5.74, 6) is -0.811. The van der Waals surface area contributed by atoms with Gasteiger partial charge in [-0.1, -0.05) is 12.1 Å². The second-order valence-corrected chi connectivity index (χ2v) is 6.24. The minimum absolute atomic E-state index is 0.169. The van der Waals surface area contributed by atoms with Gasteiger partial charge in [0.25, 0.3) is 11.6 Å². The van der Waals surface area contributed by atoms with Crippen molar-refractivity contribution >= 4 is 23.3 Å². The number of amides is 1. The number of para-hydroxylation sites is 2. The number of esters is 1. The zero-order valence-electron chi connectivity index (χ0n) is 16.4. The molecule has 2 aromatic carbocycles. The molecule has 2 aromatic rings. The Labute approximate surface area is 171 Å². The topological polar surface area (TPSA) is 126 Å². The van der Waals surface area contributed by atoms with Crippen LogP contribution in [0.3, 0.4) is 0 Å². The van der Waals surface area contributed by atoms with Crippen LogP contribution in [0, 0.1) is 10.1 Å². The van der Waals surface area contributed by atoms with E-state index in [1.807, 2.05) is 6.92 Å². The normalized spacial score (nSPS) is 13.1. The summed E-state index contributed by atoms with van der Waals surface area (Å²) in [5.41, 5.74) is -0.422. The molecule has 0 saturated heterocycles. The van der Waals surface area contributed by atoms with Crippen molar-refractivity contribution in [2.45, 2.75) is 20.0 Å². The van der Waals surface area contributed by atoms with Crippen molar-refractivity contribution in [2.75, 3.05) is 25.1 Å². The first kappa shape index (κ1) is 20.9. The van der Waals surface area contributed by atoms with Crippen LogP contribution in [0.15, 0.2) is 36.4 Å². The maximum absolute atomic E-state index is 12.6. The van der Waals surface area contributed by atoms with E-state index in [2.05, 4.69) is 5.32 Å². The average molecular weight is 416 g/mol. The SMILES string of the molecule is CCOc1ccccc1NC(=O)[C@H](C)OC(=O)c1cc2c(cc1[N+](=O)[O-])OCCO2. The molecule has 1 amide bonds. The van der Waals surface area contributed by atoms with Gasteiger partial charge in [0.1, 0.15) is 24.5 Å². The summed E-state index contributed by atoms with van der Waals surface area (Å²) in [4.78, 5) is 35.7. The van der Waals surface area contributed by atoms with Gasteiger partial charge in [-0.25, -0.2) is 4.79 Å². The molecule has 0 fully saturated rings. The maximum atomic E-state index is 12.6. The summed E-state index contributed by atoms with van der Waals surface area (Å²) in [6.45, 7) is 4.07. The lowest BCUT2D eigenvalue weighted by Crippen LogP contribution is -2.30. The number of benzene rings is 2. The predicted molar refractivity (Wildman–Crippen MR) is 105 cm³/mol. The molecule has 30 heavy (non-hydrogen) atoms. The number of anilines is 1. The van der Waals surface area contributed by atoms with Crippen molar-refractivity contribution in [3.63, 3.8) is 0 Å². The van der Waals surface area contributed by atoms with Crippen molar-refractivity contribution in [3.8, 4) is 17.2 Å². The van der Waals surface area contributed by atoms with Crippen LogP contribution >= 0.6 is 0 Å². The van der Waals surface area contributed by atoms with E-state index < -0.39 is 28.6 Å². The summed E-state index contributed by atoms with van der Waals surface area (Å²) >= 11 is 0. The third-order valence-corrected chi connectivity index (χ3v) is 4.17. The number of carbonyl (C=O) groups is 2. The van der Waals surface area contributed by atoms with Crippen LogP contribution in [0.25, 0.3) is 0 Å². The van der Waals surface area contributed by atoms with Crippen molar-refractivity contribution in [3.05, 3.63) is 52.1 Å². The lowest BCUT2D eigenvalue weighted by molar-refractivity contribution is -0.385. The Morgan fingerprint density at radius 2 is 1.87 bits per heavy atom. The van der Waals surface area contributed by atoms with Gasteiger partial charge in [0, 0.05) is 6.07 Å². The molecule has 158 valence electrons. The Bertz CT molecular complexity index is 975. The van der Waals surface area contributed by atoms with E-state index in [9.17, 15) is 19.7 Å². The van der Waals surface area contributed by atoms with Crippen LogP contribution in [0.4, 0.5) is 11.4 Å². The van der Waals surface area contributed by atoms with E-state index in [0.717, 1.165) is 6.07 Å². The van der Waals surface area contributed by atoms with E-state index in [-0.39, 0.29) is 30.3 Å². The van der Waals surface area contributed by atoms with Crippen molar-refractivity contribution in [1.82, 2.24) is 0 Å². The quantitative estimate of drug-likeness (QED) is 0.415. The standard InChI is InChI=1S/C20H20N2O8/c1-3-27-16-7-5-4-6-14(16)21-19(23)12(2)30-20(24)13-10-17-18(29-9-8-28-17)11-15(13)22(25)26/h4-7,10-12H,3,8-9H2,1-2H3,(H,21,23)/t12-/m0/s1. The van der Waals surface area contributed by atoms with E-state index in [4.69, 9.17) is 18.9 Å². The van der Waals surface area contributed by atoms with Gasteiger partial charge < -0.3 is 24.3 Å². The van der Waals surface area contributed by atoms with Gasteiger partial charge in [-0.3, -0.25) is 14.9 Å². The molecular formula is C20H20N2O8. The molecule has 0 saturated carbocycles. The molecular weight excluding hydrogens is 396 g/mol. The van der Waals surface area contributed by atoms with Gasteiger partial charge in [-0.05, 0) is 26.0 Å². The highest BCUT2D eigenvalue weighted by molar-refractivity contribution is 6.00. The molecule has 10 nitrogen and oxygen atoms in total. The van der Waals surface area contributed by atoms with Crippen LogP contribution in [0.2, 0.25) is 0 Å². The zero-order valence-corrected chi connectivity index (χ0v) is 16.4. The average Bonchev–Trinajstić information content (AvgIpc) is 2.74. The van der Waals surface area contributed by atoms with Crippen LogP contribution in [-0.2, 0) is 9.53 Å². The smallest absolute Gasteiger partial charge is 0.346 e. The summed E-state index contributed by atoms with van der Waals surface area (Å²) in [7, 11) is 0. The summed E-state index contributed by atoms with van der Waals surface area (Å²) in [6.07, 6.45) is -1.22. The molecule has 0 unspecified atom stereocenters. The van der Waals surface area contributed by atoms with Gasteiger partial charge in [0.05, 0.1) is 23.3 Å². The maximum Gasteiger partial charge on any atom is 0.346 e. The number of hydrogen-bond donors (Lipinski definition) is 1. The lowest BCUT2D eigenvalue weighted by atomic mass is 10.1. The zero-order chi connectivity index (χ0) is 21.7. The number of rotatable bonds is 7. The molecule has 0 aromatic heterocycles. The number of nitrogens with zero attached hydrogens (tertiary/aromatic N) is 1. The molecule has 0 radical (unpaired) electrons. The molecule has 1 aliphatic heterocycles. The Kier molecular flexibility index (Phi) is 6.35. The van der Waals surface area contributed by atoms with E-state index in [0.29, 0.717) is 18.0 Å². The number of nitro benzene ring substituents is 1. The highest BCUT2D eigenvalue weighted by atomic mass is 16.6. The highest BCUT2D eigenvalue weighted by Crippen LogP contribution is 2.37. The fourth-order valence-electron chi connectivity index (χ4n) is 2.76. The van der Waals surface area contributed by atoms with Crippen molar-refractivity contribution < 1.29 is 33.5 Å². The van der Waals surface area contributed by atoms with Crippen molar-refractivity contribution in [2.24, 2.45) is 0 Å². The summed E-state index contributed by atoms with van der Waals surface area (Å²) in [5, 5.41) is 14.0. The minimum atomic E-state index is -1.22. The van der Waals surface area contributed by atoms with Crippen LogP contribution in [0.5, 0.6) is 17.2 Å². The number of nitro groups is 1. The first-order valence-corrected chi connectivity index (χ1v) is 9.22. The molecule has 1 aliphatic rings. The van der Waals surface area contributed by atoms with E-state index >= 15 is 0 Å². The molecule has 10 heteroatoms. The fourth-order valence-corrected chi connectivity index (χ4v) is 2.76. The number of carbonyl (C=O) groups excluding carboxylic acids is 2. The van der Waals surface area contributed by atoms with Gasteiger partial charge in [0.2, 0.25) is 0 Å². The summed E-state index contributed by atoms with van der Waals surface area (Å²) < 4.78 is 21.3. The largest absolute Gasteiger partial charge is 0.492 e. The fraction of sp³-hybridized carbons (Fsp3) is 0.300. The van der Waals surface area contributed by atoms with E-state index in [1.54, 1.807) is 24.3 Å². The van der Waals surface area contributed by atoms with Gasteiger partial charge in [-0.15, -0.1) is 0 Å². The minimum Gasteiger partial charge on any atom is -0.492 e. The highest BCUT2D eigenvalue weighted by Gasteiger charge is 2.29. The lowest BCUT2D eigenvalue weighted by Gasteiger charge is -2.19. The van der Waals surface area contributed by atoms with Crippen LogP contribution < -0.4 is 19.5 Å². The molecule has 0 spiro atoms. The predicted octanol–water partition coefficient (Wildman–Crippen LogP) is 2.95.